The summed E-state index contributed by atoms with van der Waals surface area (Å²) >= 11 is 0. The Bertz CT molecular complexity index is 873. The van der Waals surface area contributed by atoms with Crippen LogP contribution in [-0.4, -0.2) is 5.78 Å². The second kappa shape index (κ2) is 12.4. The number of carbonyl (C=O) groups excluding carboxylic acids is 1. The van der Waals surface area contributed by atoms with Gasteiger partial charge in [0.05, 0.1) is 0 Å². The second-order valence-corrected chi connectivity index (χ2v) is 11.8. The van der Waals surface area contributed by atoms with Crippen LogP contribution < -0.4 is 0 Å². The highest BCUT2D eigenvalue weighted by Crippen LogP contribution is 2.39. The van der Waals surface area contributed by atoms with Gasteiger partial charge in [-0.2, -0.15) is 0 Å². The van der Waals surface area contributed by atoms with E-state index in [1.807, 2.05) is 0 Å². The highest BCUT2D eigenvalue weighted by molar-refractivity contribution is 5.96. The molecular formula is C33H50O. The van der Waals surface area contributed by atoms with Crippen molar-refractivity contribution < 1.29 is 6.22 Å². The van der Waals surface area contributed by atoms with Crippen molar-refractivity contribution in [2.24, 2.45) is 23.7 Å². The summed E-state index contributed by atoms with van der Waals surface area (Å²) in [5.41, 5.74) is 7.16. The van der Waals surface area contributed by atoms with Gasteiger partial charge in [-0.05, 0) is 86.2 Å². The molecule has 2 saturated carbocycles. The van der Waals surface area contributed by atoms with E-state index >= 15 is 0 Å². The fourth-order valence-corrected chi connectivity index (χ4v) is 6.40. The molecule has 0 aromatic heterocycles. The molecule has 1 aromatic carbocycles. The van der Waals surface area contributed by atoms with E-state index in [1.54, 1.807) is 16.7 Å². The summed E-state index contributed by atoms with van der Waals surface area (Å²) in [5, 5.41) is 0. The topological polar surface area (TPSA) is 17.1 Å². The predicted molar refractivity (Wildman–Crippen MR) is 147 cm³/mol. The average molecular weight is 463 g/mol. The molecule has 4 aliphatic rings. The number of benzene rings is 1. The van der Waals surface area contributed by atoms with Crippen molar-refractivity contribution in [1.82, 2.24) is 0 Å². The van der Waals surface area contributed by atoms with E-state index in [0.29, 0.717) is 11.7 Å². The Morgan fingerprint density at radius 1 is 0.941 bits per heavy atom. The molecule has 3 atom stereocenters. The van der Waals surface area contributed by atoms with Crippen LogP contribution in [0.15, 0.2) is 47.1 Å². The van der Waals surface area contributed by atoms with Crippen LogP contribution in [-0.2, 0) is 6.42 Å². The first-order valence-corrected chi connectivity index (χ1v) is 14.6. The number of allylic oxidation sites excluding steroid dienone is 4. The third-order valence-corrected chi connectivity index (χ3v) is 9.26. The van der Waals surface area contributed by atoms with Crippen LogP contribution in [0.4, 0.5) is 0 Å². The Morgan fingerprint density at radius 3 is 2.35 bits per heavy atom. The predicted octanol–water partition coefficient (Wildman–Crippen LogP) is 9.91. The van der Waals surface area contributed by atoms with Crippen LogP contribution in [0.1, 0.15) is 128 Å². The Kier molecular flexibility index (Phi) is 9.26. The summed E-state index contributed by atoms with van der Waals surface area (Å²) in [4.78, 5) is 12.9. The smallest absolute Gasteiger partial charge is 0.163 e. The molecule has 4 aliphatic carbocycles. The van der Waals surface area contributed by atoms with E-state index in [1.165, 1.54) is 82.6 Å². The van der Waals surface area contributed by atoms with Gasteiger partial charge in [0, 0.05) is 13.4 Å². The summed E-state index contributed by atoms with van der Waals surface area (Å²) in [7, 11) is 0. The lowest BCUT2D eigenvalue weighted by Gasteiger charge is -2.29. The van der Waals surface area contributed by atoms with Crippen molar-refractivity contribution in [2.75, 3.05) is 0 Å². The lowest BCUT2D eigenvalue weighted by atomic mass is 9.76. The normalized spacial score (nSPS) is 26.4. The Hall–Kier alpha value is -1.63. The van der Waals surface area contributed by atoms with Gasteiger partial charge in [-0.1, -0.05) is 101 Å². The van der Waals surface area contributed by atoms with E-state index in [9.17, 15) is 4.79 Å². The van der Waals surface area contributed by atoms with Crippen molar-refractivity contribution in [3.63, 3.8) is 0 Å². The molecule has 1 aromatic rings. The Balaban J connectivity index is 0.000000509. The summed E-state index contributed by atoms with van der Waals surface area (Å²) in [6.07, 6.45) is 21.5. The zero-order chi connectivity index (χ0) is 23.9. The SMILES string of the molecule is CCC1=CC2=C(CC1)CC(CC(=O)c1ccc(CC[C@@H]3CCCC3C)cc1)CC2.CCC1CC1.[HH]. The lowest BCUT2D eigenvalue weighted by molar-refractivity contribution is 0.0957. The van der Waals surface area contributed by atoms with Crippen LogP contribution in [0, 0.1) is 23.7 Å². The van der Waals surface area contributed by atoms with Gasteiger partial charge >= 0.3 is 0 Å². The number of carbonyl (C=O) groups is 1. The maximum Gasteiger partial charge on any atom is 0.163 e. The molecule has 188 valence electrons. The molecule has 1 heteroatoms. The lowest BCUT2D eigenvalue weighted by Crippen LogP contribution is -2.16. The largest absolute Gasteiger partial charge is 0.294 e. The molecule has 1 nitrogen and oxygen atoms in total. The molecule has 0 radical (unpaired) electrons. The number of ketones is 1. The van der Waals surface area contributed by atoms with Gasteiger partial charge in [0.1, 0.15) is 0 Å². The van der Waals surface area contributed by atoms with Crippen molar-refractivity contribution in [3.05, 3.63) is 58.2 Å². The molecule has 2 unspecified atom stereocenters. The molecule has 2 fully saturated rings. The molecule has 0 amide bonds. The minimum Gasteiger partial charge on any atom is -0.294 e. The van der Waals surface area contributed by atoms with E-state index in [2.05, 4.69) is 51.1 Å². The van der Waals surface area contributed by atoms with Gasteiger partial charge in [0.25, 0.3) is 0 Å². The fraction of sp³-hybridized carbons (Fsp3) is 0.667. The minimum absolute atomic E-state index is 0. The average Bonchev–Trinajstić information content (AvgIpc) is 3.63. The molecule has 0 aliphatic heterocycles. The molecule has 0 N–H and O–H groups in total. The molecule has 0 bridgehead atoms. The first-order valence-electron chi connectivity index (χ1n) is 14.6. The quantitative estimate of drug-likeness (QED) is 0.351. The number of aryl methyl sites for hydroxylation is 1. The molecule has 0 spiro atoms. The van der Waals surface area contributed by atoms with Crippen LogP contribution >= 0.6 is 0 Å². The highest BCUT2D eigenvalue weighted by atomic mass is 16.1. The standard InChI is InChI=1S/C28H38O.C5H10.H2/c1-3-21-7-15-27-18-23(11-16-26(27)17-21)19-28(29)25-13-9-22(10-14-25)8-12-24-6-4-5-20(24)2;1-2-5-3-4-5;/h9-10,13-14,17,20,23-24H,3-8,11-12,15-16,18-19H2,1-2H3;5H,2-4H2,1H3;1H/t20?,23?,24-;;/m0../s1. The number of Topliss-reactive ketones (excluding diaryl/α,β-unsaturated/α-hetero) is 1. The van der Waals surface area contributed by atoms with Crippen molar-refractivity contribution in [3.8, 4) is 0 Å². The Labute approximate surface area is 211 Å². The molecule has 34 heavy (non-hydrogen) atoms. The van der Waals surface area contributed by atoms with E-state index in [0.717, 1.165) is 42.6 Å². The maximum absolute atomic E-state index is 12.9. The summed E-state index contributed by atoms with van der Waals surface area (Å²) < 4.78 is 0. The molecule has 5 rings (SSSR count). The van der Waals surface area contributed by atoms with Crippen LogP contribution in [0.25, 0.3) is 0 Å². The molecule has 0 saturated heterocycles. The minimum atomic E-state index is 0. The zero-order valence-corrected chi connectivity index (χ0v) is 22.2. The van der Waals surface area contributed by atoms with Crippen LogP contribution in [0.2, 0.25) is 0 Å². The fourth-order valence-electron chi connectivity index (χ4n) is 6.40. The van der Waals surface area contributed by atoms with Gasteiger partial charge in [-0.3, -0.25) is 4.79 Å². The number of rotatable bonds is 8. The third-order valence-electron chi connectivity index (χ3n) is 9.26. The third kappa shape index (κ3) is 7.19. The van der Waals surface area contributed by atoms with Gasteiger partial charge in [0.15, 0.2) is 5.78 Å². The molecule has 0 heterocycles. The number of hydrogen-bond acceptors (Lipinski definition) is 1. The Morgan fingerprint density at radius 2 is 1.74 bits per heavy atom. The van der Waals surface area contributed by atoms with E-state index in [4.69, 9.17) is 0 Å². The van der Waals surface area contributed by atoms with Crippen molar-refractivity contribution in [2.45, 2.75) is 117 Å². The van der Waals surface area contributed by atoms with E-state index < -0.39 is 0 Å². The maximum atomic E-state index is 12.9. The number of hydrogen-bond donors (Lipinski definition) is 0. The van der Waals surface area contributed by atoms with Gasteiger partial charge in [-0.25, -0.2) is 0 Å². The molecular weight excluding hydrogens is 412 g/mol. The van der Waals surface area contributed by atoms with Gasteiger partial charge < -0.3 is 0 Å². The second-order valence-electron chi connectivity index (χ2n) is 11.8. The van der Waals surface area contributed by atoms with E-state index in [-0.39, 0.29) is 1.43 Å². The monoisotopic (exact) mass is 462 g/mol. The van der Waals surface area contributed by atoms with Crippen LogP contribution in [0.5, 0.6) is 0 Å². The summed E-state index contributed by atoms with van der Waals surface area (Å²) in [5.74, 6) is 3.83. The summed E-state index contributed by atoms with van der Waals surface area (Å²) in [6.45, 7) is 6.94. The first-order chi connectivity index (χ1) is 16.6. The van der Waals surface area contributed by atoms with Crippen molar-refractivity contribution >= 4 is 5.78 Å². The van der Waals surface area contributed by atoms with Crippen LogP contribution in [0.3, 0.4) is 0 Å². The van der Waals surface area contributed by atoms with Gasteiger partial charge in [-0.15, -0.1) is 0 Å². The summed E-state index contributed by atoms with van der Waals surface area (Å²) in [6, 6.07) is 8.57. The van der Waals surface area contributed by atoms with Crippen molar-refractivity contribution in [1.29, 1.82) is 0 Å². The van der Waals surface area contributed by atoms with Gasteiger partial charge in [0.2, 0.25) is 0 Å². The highest BCUT2D eigenvalue weighted by Gasteiger charge is 2.25. The zero-order valence-electron chi connectivity index (χ0n) is 22.2. The first kappa shape index (κ1) is 25.5.